The van der Waals surface area contributed by atoms with E-state index in [0.29, 0.717) is 17.8 Å². The fourth-order valence-corrected chi connectivity index (χ4v) is 4.74. The highest BCUT2D eigenvalue weighted by Gasteiger charge is 2.34. The fourth-order valence-electron chi connectivity index (χ4n) is 2.97. The Morgan fingerprint density at radius 2 is 1.92 bits per heavy atom. The molecular formula is C13H17N5O5S. The molecule has 0 amide bonds. The van der Waals surface area contributed by atoms with Crippen molar-refractivity contribution in [2.75, 3.05) is 42.4 Å². The van der Waals surface area contributed by atoms with Gasteiger partial charge < -0.3 is 9.80 Å². The molecule has 0 N–H and O–H groups in total. The third-order valence-electron chi connectivity index (χ3n) is 4.27. The number of sulfone groups is 1. The molecule has 1 saturated heterocycles. The standard InChI is InChI=1S/C13H17N5O5S/c1-16(2)10-6-9(17(3)8-4-5-24(21,22)7-8)11-12(15-23-14-11)13(10)18(19)20/h6,8H,4-5,7H2,1-3H3. The van der Waals surface area contributed by atoms with Gasteiger partial charge in [0.1, 0.15) is 5.69 Å². The lowest BCUT2D eigenvalue weighted by Crippen LogP contribution is -2.33. The average Bonchev–Trinajstić information content (AvgIpc) is 3.10. The summed E-state index contributed by atoms with van der Waals surface area (Å²) in [5.41, 5.74) is 1.02. The van der Waals surface area contributed by atoms with Crippen molar-refractivity contribution < 1.29 is 18.0 Å². The van der Waals surface area contributed by atoms with E-state index in [4.69, 9.17) is 4.63 Å². The van der Waals surface area contributed by atoms with Gasteiger partial charge in [-0.25, -0.2) is 13.0 Å². The minimum atomic E-state index is -3.06. The summed E-state index contributed by atoms with van der Waals surface area (Å²) < 4.78 is 28.2. The Morgan fingerprint density at radius 1 is 1.25 bits per heavy atom. The minimum Gasteiger partial charge on any atom is -0.372 e. The van der Waals surface area contributed by atoms with Crippen LogP contribution in [0.25, 0.3) is 11.0 Å². The van der Waals surface area contributed by atoms with Crippen LogP contribution in [0.3, 0.4) is 0 Å². The summed E-state index contributed by atoms with van der Waals surface area (Å²) in [4.78, 5) is 14.3. The van der Waals surface area contributed by atoms with Gasteiger partial charge in [0, 0.05) is 27.2 Å². The Morgan fingerprint density at radius 3 is 2.46 bits per heavy atom. The number of hydrogen-bond donors (Lipinski definition) is 0. The predicted octanol–water partition coefficient (Wildman–Crippen LogP) is 0.820. The molecular weight excluding hydrogens is 338 g/mol. The smallest absolute Gasteiger partial charge is 0.323 e. The highest BCUT2D eigenvalue weighted by Crippen LogP contribution is 2.40. The average molecular weight is 355 g/mol. The number of benzene rings is 1. The summed E-state index contributed by atoms with van der Waals surface area (Å²) >= 11 is 0. The van der Waals surface area contributed by atoms with E-state index in [9.17, 15) is 18.5 Å². The Hall–Kier alpha value is -2.43. The molecule has 3 rings (SSSR count). The van der Waals surface area contributed by atoms with Crippen molar-refractivity contribution in [3.05, 3.63) is 16.2 Å². The van der Waals surface area contributed by atoms with E-state index in [2.05, 4.69) is 10.3 Å². The van der Waals surface area contributed by atoms with Crippen LogP contribution in [0.4, 0.5) is 17.1 Å². The van der Waals surface area contributed by atoms with Crippen LogP contribution < -0.4 is 9.80 Å². The van der Waals surface area contributed by atoms with E-state index in [1.807, 2.05) is 0 Å². The minimum absolute atomic E-state index is 0.0462. The highest BCUT2D eigenvalue weighted by molar-refractivity contribution is 7.91. The Balaban J connectivity index is 2.17. The second-order valence-electron chi connectivity index (χ2n) is 6.04. The molecule has 0 aliphatic carbocycles. The summed E-state index contributed by atoms with van der Waals surface area (Å²) in [5.74, 6) is 0.181. The molecule has 1 unspecified atom stereocenters. The lowest BCUT2D eigenvalue weighted by Gasteiger charge is -2.26. The zero-order valence-corrected chi connectivity index (χ0v) is 14.3. The second-order valence-corrected chi connectivity index (χ2v) is 8.27. The molecule has 0 radical (unpaired) electrons. The third kappa shape index (κ3) is 2.64. The molecule has 0 bridgehead atoms. The molecule has 24 heavy (non-hydrogen) atoms. The molecule has 10 nitrogen and oxygen atoms in total. The van der Waals surface area contributed by atoms with Crippen LogP contribution in [0, 0.1) is 10.1 Å². The summed E-state index contributed by atoms with van der Waals surface area (Å²) in [6.07, 6.45) is 0.500. The molecule has 0 saturated carbocycles. The van der Waals surface area contributed by atoms with Crippen molar-refractivity contribution in [3.63, 3.8) is 0 Å². The van der Waals surface area contributed by atoms with Crippen molar-refractivity contribution in [3.8, 4) is 0 Å². The van der Waals surface area contributed by atoms with Gasteiger partial charge in [0.2, 0.25) is 5.52 Å². The maximum absolute atomic E-state index is 11.7. The van der Waals surface area contributed by atoms with Crippen LogP contribution in [0.15, 0.2) is 10.7 Å². The molecule has 11 heteroatoms. The highest BCUT2D eigenvalue weighted by atomic mass is 32.2. The molecule has 1 aliphatic rings. The lowest BCUT2D eigenvalue weighted by molar-refractivity contribution is -0.382. The van der Waals surface area contributed by atoms with E-state index in [-0.39, 0.29) is 34.3 Å². The van der Waals surface area contributed by atoms with Crippen molar-refractivity contribution in [2.45, 2.75) is 12.5 Å². The quantitative estimate of drug-likeness (QED) is 0.579. The van der Waals surface area contributed by atoms with E-state index < -0.39 is 14.8 Å². The molecule has 0 spiro atoms. The number of nitro benzene ring substituents is 1. The summed E-state index contributed by atoms with van der Waals surface area (Å²) in [6, 6.07) is 1.40. The number of nitro groups is 1. The molecule has 1 aromatic carbocycles. The zero-order chi connectivity index (χ0) is 17.6. The number of rotatable bonds is 4. The van der Waals surface area contributed by atoms with Crippen molar-refractivity contribution in [2.24, 2.45) is 0 Å². The summed E-state index contributed by atoms with van der Waals surface area (Å²) in [7, 11) is 2.07. The predicted molar refractivity (Wildman–Crippen MR) is 88.2 cm³/mol. The van der Waals surface area contributed by atoms with Gasteiger partial charge in [0.15, 0.2) is 15.4 Å². The van der Waals surface area contributed by atoms with E-state index >= 15 is 0 Å². The van der Waals surface area contributed by atoms with Crippen molar-refractivity contribution >= 4 is 37.9 Å². The van der Waals surface area contributed by atoms with Gasteiger partial charge >= 0.3 is 5.69 Å². The van der Waals surface area contributed by atoms with Crippen molar-refractivity contribution in [1.82, 2.24) is 10.3 Å². The zero-order valence-electron chi connectivity index (χ0n) is 13.5. The molecule has 2 aromatic rings. The topological polar surface area (TPSA) is 123 Å². The van der Waals surface area contributed by atoms with Gasteiger partial charge in [-0.3, -0.25) is 10.1 Å². The first kappa shape index (κ1) is 16.4. The molecule has 2 heterocycles. The maximum atomic E-state index is 11.7. The van der Waals surface area contributed by atoms with Crippen LogP contribution in [-0.2, 0) is 9.84 Å². The van der Waals surface area contributed by atoms with E-state index in [0.717, 1.165) is 0 Å². The fraction of sp³-hybridized carbons (Fsp3) is 0.538. The van der Waals surface area contributed by atoms with Gasteiger partial charge in [0.25, 0.3) is 0 Å². The van der Waals surface area contributed by atoms with Crippen LogP contribution in [0.2, 0.25) is 0 Å². The number of nitrogens with zero attached hydrogens (tertiary/aromatic N) is 5. The number of aromatic nitrogens is 2. The molecule has 1 fully saturated rings. The Labute approximate surface area is 138 Å². The summed E-state index contributed by atoms with van der Waals surface area (Å²) in [6.45, 7) is 0. The van der Waals surface area contributed by atoms with Crippen LogP contribution in [0.1, 0.15) is 6.42 Å². The van der Waals surface area contributed by atoms with E-state index in [1.165, 1.54) is 0 Å². The molecule has 1 aromatic heterocycles. The van der Waals surface area contributed by atoms with Gasteiger partial charge in [-0.15, -0.1) is 0 Å². The number of fused-ring (bicyclic) bond motifs is 1. The van der Waals surface area contributed by atoms with Crippen LogP contribution in [0.5, 0.6) is 0 Å². The normalized spacial score (nSPS) is 19.5. The van der Waals surface area contributed by atoms with Gasteiger partial charge in [-0.05, 0) is 22.8 Å². The van der Waals surface area contributed by atoms with Gasteiger partial charge in [0.05, 0.1) is 22.1 Å². The van der Waals surface area contributed by atoms with Crippen molar-refractivity contribution in [1.29, 1.82) is 0 Å². The number of hydrogen-bond acceptors (Lipinski definition) is 9. The first-order valence-electron chi connectivity index (χ1n) is 7.25. The van der Waals surface area contributed by atoms with Gasteiger partial charge in [-0.2, -0.15) is 0 Å². The largest absolute Gasteiger partial charge is 0.372 e. The molecule has 1 aliphatic heterocycles. The van der Waals surface area contributed by atoms with E-state index in [1.54, 1.807) is 37.0 Å². The first-order valence-corrected chi connectivity index (χ1v) is 9.07. The van der Waals surface area contributed by atoms with Crippen LogP contribution >= 0.6 is 0 Å². The maximum Gasteiger partial charge on any atom is 0.323 e. The molecule has 1 atom stereocenters. The van der Waals surface area contributed by atoms with Crippen LogP contribution in [-0.4, -0.2) is 62.3 Å². The Kier molecular flexibility index (Phi) is 3.82. The molecule has 130 valence electrons. The first-order chi connectivity index (χ1) is 11.2. The third-order valence-corrected chi connectivity index (χ3v) is 6.02. The van der Waals surface area contributed by atoms with Gasteiger partial charge in [-0.1, -0.05) is 0 Å². The second kappa shape index (κ2) is 5.58. The Bertz CT molecular complexity index is 907. The lowest BCUT2D eigenvalue weighted by atomic mass is 10.1. The SMILES string of the molecule is CN(C)c1cc(N(C)C2CCS(=O)(=O)C2)c2nonc2c1[N+](=O)[O-]. The summed E-state index contributed by atoms with van der Waals surface area (Å²) in [5, 5.41) is 18.9. The monoisotopic (exact) mass is 355 g/mol. The number of anilines is 2.